The standard InChI is InChI=1S/C19H23NO2.3ClH/c1-21-18-7-9-19(10-8-18)22-14-4-12-20-13-11-16-5-2-3-6-17(16)15-20;;;/h2-3,5-10H,4,11-15H2,1H3;3*1H/p-3. The van der Waals surface area contributed by atoms with E-state index < -0.39 is 0 Å². The molecule has 0 N–H and O–H groups in total. The normalized spacial score (nSPS) is 12.7. The number of fused-ring (bicyclic) bond motifs is 1. The Labute approximate surface area is 168 Å². The predicted molar refractivity (Wildman–Crippen MR) is 88.5 cm³/mol. The first kappa shape index (κ1) is 23.9. The molecule has 0 saturated heterocycles. The predicted octanol–water partition coefficient (Wildman–Crippen LogP) is -5.47. The Bertz CT molecular complexity index is 608. The van der Waals surface area contributed by atoms with Crippen LogP contribution in [0.5, 0.6) is 11.5 Å². The summed E-state index contributed by atoms with van der Waals surface area (Å²) >= 11 is 0. The number of ether oxygens (including phenoxy) is 2. The summed E-state index contributed by atoms with van der Waals surface area (Å²) in [6.07, 6.45) is 2.21. The van der Waals surface area contributed by atoms with E-state index in [0.29, 0.717) is 0 Å². The fourth-order valence-corrected chi connectivity index (χ4v) is 2.90. The van der Waals surface area contributed by atoms with Gasteiger partial charge >= 0.3 is 0 Å². The van der Waals surface area contributed by atoms with Gasteiger partial charge in [-0.15, -0.1) is 0 Å². The zero-order chi connectivity index (χ0) is 15.2. The highest BCUT2D eigenvalue weighted by Gasteiger charge is 2.14. The zero-order valence-electron chi connectivity index (χ0n) is 14.3. The van der Waals surface area contributed by atoms with E-state index in [1.807, 2.05) is 24.3 Å². The minimum atomic E-state index is 0. The molecule has 0 radical (unpaired) electrons. The van der Waals surface area contributed by atoms with E-state index in [2.05, 4.69) is 29.2 Å². The van der Waals surface area contributed by atoms with Gasteiger partial charge in [0.2, 0.25) is 0 Å². The van der Waals surface area contributed by atoms with Crippen LogP contribution in [0.2, 0.25) is 0 Å². The third kappa shape index (κ3) is 6.95. The van der Waals surface area contributed by atoms with Gasteiger partial charge in [-0.25, -0.2) is 0 Å². The van der Waals surface area contributed by atoms with E-state index in [0.717, 1.165) is 50.6 Å². The molecule has 0 amide bonds. The van der Waals surface area contributed by atoms with E-state index in [4.69, 9.17) is 9.47 Å². The van der Waals surface area contributed by atoms with Gasteiger partial charge < -0.3 is 46.7 Å². The highest BCUT2D eigenvalue weighted by Crippen LogP contribution is 2.19. The molecule has 2 aromatic carbocycles. The quantitative estimate of drug-likeness (QED) is 0.449. The van der Waals surface area contributed by atoms with E-state index in [9.17, 15) is 0 Å². The van der Waals surface area contributed by atoms with E-state index in [-0.39, 0.29) is 37.2 Å². The summed E-state index contributed by atoms with van der Waals surface area (Å²) in [6, 6.07) is 16.5. The molecule has 6 heteroatoms. The largest absolute Gasteiger partial charge is 1.00 e. The lowest BCUT2D eigenvalue weighted by Crippen LogP contribution is -3.00. The summed E-state index contributed by atoms with van der Waals surface area (Å²) in [6.45, 7) is 4.06. The number of nitrogens with zero attached hydrogens (tertiary/aromatic N) is 1. The van der Waals surface area contributed by atoms with Gasteiger partial charge in [0.25, 0.3) is 0 Å². The second-order valence-corrected chi connectivity index (χ2v) is 5.67. The third-order valence-corrected chi connectivity index (χ3v) is 4.16. The molecule has 25 heavy (non-hydrogen) atoms. The summed E-state index contributed by atoms with van der Waals surface area (Å²) in [5, 5.41) is 0. The van der Waals surface area contributed by atoms with Crippen molar-refractivity contribution >= 4 is 0 Å². The van der Waals surface area contributed by atoms with Gasteiger partial charge in [-0.2, -0.15) is 0 Å². The number of benzene rings is 2. The van der Waals surface area contributed by atoms with Gasteiger partial charge in [0.1, 0.15) is 11.5 Å². The lowest BCUT2D eigenvalue weighted by molar-refractivity contribution is -0.00100. The number of halogens is 3. The first-order chi connectivity index (χ1) is 10.8. The molecule has 0 aromatic heterocycles. The van der Waals surface area contributed by atoms with Gasteiger partial charge in [-0.1, -0.05) is 24.3 Å². The molecule has 0 atom stereocenters. The Morgan fingerprint density at radius 1 is 0.880 bits per heavy atom. The third-order valence-electron chi connectivity index (χ3n) is 4.16. The lowest BCUT2D eigenvalue weighted by Gasteiger charge is -2.28. The summed E-state index contributed by atoms with van der Waals surface area (Å²) in [4.78, 5) is 2.51. The summed E-state index contributed by atoms with van der Waals surface area (Å²) in [5.41, 5.74) is 2.98. The van der Waals surface area contributed by atoms with Gasteiger partial charge in [-0.05, 0) is 48.2 Å². The molecule has 1 heterocycles. The molecule has 3 rings (SSSR count). The maximum absolute atomic E-state index is 5.78. The minimum Gasteiger partial charge on any atom is -1.00 e. The second-order valence-electron chi connectivity index (χ2n) is 5.67. The fourth-order valence-electron chi connectivity index (χ4n) is 2.90. The SMILES string of the molecule is COc1ccc(OCCCN2CCc3ccccc3C2)cc1.[Cl-].[Cl-].[Cl-]. The van der Waals surface area contributed by atoms with Crippen LogP contribution in [0.4, 0.5) is 0 Å². The number of rotatable bonds is 6. The van der Waals surface area contributed by atoms with Crippen molar-refractivity contribution in [3.8, 4) is 11.5 Å². The minimum absolute atomic E-state index is 0. The summed E-state index contributed by atoms with van der Waals surface area (Å²) in [7, 11) is 1.67. The number of hydrogen-bond acceptors (Lipinski definition) is 3. The van der Waals surface area contributed by atoms with Crippen LogP contribution in [0.3, 0.4) is 0 Å². The van der Waals surface area contributed by atoms with Crippen molar-refractivity contribution in [2.75, 3.05) is 26.8 Å². The van der Waals surface area contributed by atoms with Crippen molar-refractivity contribution in [2.24, 2.45) is 0 Å². The van der Waals surface area contributed by atoms with Crippen molar-refractivity contribution < 1.29 is 46.7 Å². The van der Waals surface area contributed by atoms with Crippen LogP contribution in [-0.4, -0.2) is 31.7 Å². The van der Waals surface area contributed by atoms with Crippen molar-refractivity contribution in [2.45, 2.75) is 19.4 Å². The molecule has 0 spiro atoms. The van der Waals surface area contributed by atoms with Gasteiger partial charge in [0.05, 0.1) is 13.7 Å². The second kappa shape index (κ2) is 12.3. The van der Waals surface area contributed by atoms with Crippen LogP contribution in [0.25, 0.3) is 0 Å². The molecule has 0 fully saturated rings. The van der Waals surface area contributed by atoms with Gasteiger partial charge in [0.15, 0.2) is 0 Å². The highest BCUT2D eigenvalue weighted by molar-refractivity contribution is 5.31. The van der Waals surface area contributed by atoms with Crippen molar-refractivity contribution in [1.82, 2.24) is 4.90 Å². The smallest absolute Gasteiger partial charge is 0.119 e. The van der Waals surface area contributed by atoms with Crippen molar-refractivity contribution in [3.05, 3.63) is 59.7 Å². The van der Waals surface area contributed by atoms with Crippen LogP contribution in [0.15, 0.2) is 48.5 Å². The molecule has 3 nitrogen and oxygen atoms in total. The lowest BCUT2D eigenvalue weighted by atomic mass is 10.00. The zero-order valence-corrected chi connectivity index (χ0v) is 16.5. The molecule has 2 aromatic rings. The molecule has 140 valence electrons. The Morgan fingerprint density at radius 3 is 2.20 bits per heavy atom. The number of methoxy groups -OCH3 is 1. The maximum atomic E-state index is 5.78. The van der Waals surface area contributed by atoms with Crippen molar-refractivity contribution in [3.63, 3.8) is 0 Å². The first-order valence-electron chi connectivity index (χ1n) is 7.91. The Balaban J connectivity index is 0.00000192. The topological polar surface area (TPSA) is 21.7 Å². The van der Waals surface area contributed by atoms with Crippen LogP contribution >= 0.6 is 0 Å². The molecule has 1 aliphatic heterocycles. The Kier molecular flexibility index (Phi) is 11.7. The molecule has 0 aliphatic carbocycles. The molecule has 0 unspecified atom stereocenters. The highest BCUT2D eigenvalue weighted by atomic mass is 35.5. The first-order valence-corrected chi connectivity index (χ1v) is 7.91. The van der Waals surface area contributed by atoms with Gasteiger partial charge in [-0.3, -0.25) is 4.90 Å². The summed E-state index contributed by atoms with van der Waals surface area (Å²) < 4.78 is 10.9. The van der Waals surface area contributed by atoms with Crippen LogP contribution in [0, 0.1) is 0 Å². The fraction of sp³-hybridized carbons (Fsp3) is 0.368. The average Bonchev–Trinajstić information content (AvgIpc) is 2.59. The van der Waals surface area contributed by atoms with Crippen molar-refractivity contribution in [1.29, 1.82) is 0 Å². The molecule has 0 saturated carbocycles. The Morgan fingerprint density at radius 2 is 1.52 bits per heavy atom. The van der Waals surface area contributed by atoms with E-state index >= 15 is 0 Å². The van der Waals surface area contributed by atoms with Crippen LogP contribution in [-0.2, 0) is 13.0 Å². The van der Waals surface area contributed by atoms with Crippen LogP contribution in [0.1, 0.15) is 17.5 Å². The number of hydrogen-bond donors (Lipinski definition) is 0. The van der Waals surface area contributed by atoms with E-state index in [1.165, 1.54) is 11.1 Å². The molecular formula is C19H23Cl3NO2-3. The van der Waals surface area contributed by atoms with Gasteiger partial charge in [0, 0.05) is 19.6 Å². The Hall–Kier alpha value is -1.13. The molecule has 1 aliphatic rings. The van der Waals surface area contributed by atoms with E-state index in [1.54, 1.807) is 7.11 Å². The monoisotopic (exact) mass is 402 g/mol. The molecule has 0 bridgehead atoms. The maximum Gasteiger partial charge on any atom is 0.119 e. The summed E-state index contributed by atoms with van der Waals surface area (Å²) in [5.74, 6) is 1.77. The average molecular weight is 404 g/mol. The van der Waals surface area contributed by atoms with Crippen LogP contribution < -0.4 is 46.7 Å². The molecular weight excluding hydrogens is 381 g/mol.